The predicted molar refractivity (Wildman–Crippen MR) is 76.2 cm³/mol. The number of pyridine rings is 1. The number of nitrogens with zero attached hydrogens (tertiary/aromatic N) is 1. The van der Waals surface area contributed by atoms with Gasteiger partial charge in [-0.2, -0.15) is 0 Å². The molecule has 0 radical (unpaired) electrons. The first-order chi connectivity index (χ1) is 8.68. The van der Waals surface area contributed by atoms with Crippen molar-refractivity contribution in [3.63, 3.8) is 0 Å². The number of thioether (sulfide) groups is 1. The van der Waals surface area contributed by atoms with Gasteiger partial charge in [-0.1, -0.05) is 47.9 Å². The number of anilines is 1. The Morgan fingerprint density at radius 2 is 2.11 bits per heavy atom. The maximum absolute atomic E-state index is 10.8. The number of nitrogen functional groups attached to an aromatic ring is 1. The summed E-state index contributed by atoms with van der Waals surface area (Å²) in [6.07, 6.45) is 1.67. The first kappa shape index (κ1) is 12.5. The molecule has 0 saturated heterocycles. The van der Waals surface area contributed by atoms with Gasteiger partial charge >= 0.3 is 0 Å². The van der Waals surface area contributed by atoms with Crippen LogP contribution in [0.25, 0.3) is 10.8 Å². The molecule has 1 aromatic heterocycles. The van der Waals surface area contributed by atoms with Crippen molar-refractivity contribution >= 4 is 33.5 Å². The summed E-state index contributed by atoms with van der Waals surface area (Å²) in [5.74, 6) is 6.99. The molecule has 0 aliphatic carbocycles. The number of carbonyl (C=O) groups excluding carboxylic acids is 1. The molecular weight excluding hydrogens is 244 g/mol. The van der Waals surface area contributed by atoms with Gasteiger partial charge in [0.25, 0.3) is 0 Å². The molecule has 0 aliphatic heterocycles. The van der Waals surface area contributed by atoms with E-state index in [2.05, 4.69) is 16.8 Å². The SMILES string of the molecule is CC(=O)SCC#Cc1cnc(N)c2ccccc12. The third-order valence-electron chi connectivity index (χ3n) is 2.40. The van der Waals surface area contributed by atoms with E-state index in [1.54, 1.807) is 6.20 Å². The highest BCUT2D eigenvalue weighted by Gasteiger charge is 2.02. The van der Waals surface area contributed by atoms with Crippen molar-refractivity contribution in [3.8, 4) is 11.8 Å². The van der Waals surface area contributed by atoms with Crippen molar-refractivity contribution in [3.05, 3.63) is 36.0 Å². The number of rotatable bonds is 1. The van der Waals surface area contributed by atoms with Crippen LogP contribution in [-0.2, 0) is 4.79 Å². The lowest BCUT2D eigenvalue weighted by Crippen LogP contribution is -1.93. The Morgan fingerprint density at radius 1 is 1.39 bits per heavy atom. The summed E-state index contributed by atoms with van der Waals surface area (Å²) in [7, 11) is 0. The third kappa shape index (κ3) is 2.82. The Kier molecular flexibility index (Phi) is 3.85. The molecule has 2 aromatic rings. The van der Waals surface area contributed by atoms with Crippen LogP contribution in [0.5, 0.6) is 0 Å². The summed E-state index contributed by atoms with van der Waals surface area (Å²) in [6.45, 7) is 1.53. The van der Waals surface area contributed by atoms with E-state index >= 15 is 0 Å². The van der Waals surface area contributed by atoms with Crippen molar-refractivity contribution in [2.24, 2.45) is 0 Å². The summed E-state index contributed by atoms with van der Waals surface area (Å²) in [4.78, 5) is 14.9. The average molecular weight is 256 g/mol. The van der Waals surface area contributed by atoms with E-state index in [4.69, 9.17) is 5.73 Å². The number of carbonyl (C=O) groups is 1. The van der Waals surface area contributed by atoms with Crippen LogP contribution in [0.15, 0.2) is 30.5 Å². The minimum atomic E-state index is 0.0737. The first-order valence-electron chi connectivity index (χ1n) is 5.44. The number of aromatic nitrogens is 1. The van der Waals surface area contributed by atoms with Crippen molar-refractivity contribution < 1.29 is 4.79 Å². The molecule has 90 valence electrons. The maximum atomic E-state index is 10.8. The van der Waals surface area contributed by atoms with Gasteiger partial charge in [0, 0.05) is 23.9 Å². The largest absolute Gasteiger partial charge is 0.383 e. The second kappa shape index (κ2) is 5.56. The number of hydrogen-bond donors (Lipinski definition) is 1. The summed E-state index contributed by atoms with van der Waals surface area (Å²) >= 11 is 1.20. The molecule has 0 spiro atoms. The molecule has 0 unspecified atom stereocenters. The predicted octanol–water partition coefficient (Wildman–Crippen LogP) is 2.45. The van der Waals surface area contributed by atoms with E-state index in [-0.39, 0.29) is 5.12 Å². The zero-order valence-corrected chi connectivity index (χ0v) is 10.8. The zero-order chi connectivity index (χ0) is 13.0. The van der Waals surface area contributed by atoms with Crippen LogP contribution in [0.4, 0.5) is 5.82 Å². The molecular formula is C14H12N2OS. The van der Waals surface area contributed by atoms with Gasteiger partial charge < -0.3 is 5.73 Å². The molecule has 1 aromatic carbocycles. The Bertz CT molecular complexity index is 656. The molecule has 0 amide bonds. The molecule has 0 fully saturated rings. The molecule has 4 heteroatoms. The zero-order valence-electron chi connectivity index (χ0n) is 9.93. The summed E-state index contributed by atoms with van der Waals surface area (Å²) in [6, 6.07) is 7.75. The van der Waals surface area contributed by atoms with E-state index in [0.29, 0.717) is 11.6 Å². The molecule has 2 rings (SSSR count). The van der Waals surface area contributed by atoms with Crippen LogP contribution in [-0.4, -0.2) is 15.9 Å². The number of nitrogens with two attached hydrogens (primary N) is 1. The number of fused-ring (bicyclic) bond motifs is 1. The maximum Gasteiger partial charge on any atom is 0.186 e. The molecule has 0 aliphatic rings. The van der Waals surface area contributed by atoms with Crippen molar-refractivity contribution in [2.75, 3.05) is 11.5 Å². The fraction of sp³-hybridized carbons (Fsp3) is 0.143. The Hall–Kier alpha value is -1.99. The average Bonchev–Trinajstić information content (AvgIpc) is 2.37. The molecule has 0 saturated carbocycles. The van der Waals surface area contributed by atoms with Crippen LogP contribution in [0.3, 0.4) is 0 Å². The second-order valence-electron chi connectivity index (χ2n) is 3.68. The van der Waals surface area contributed by atoms with E-state index < -0.39 is 0 Å². The molecule has 0 atom stereocenters. The van der Waals surface area contributed by atoms with Gasteiger partial charge in [-0.15, -0.1) is 0 Å². The quantitative estimate of drug-likeness (QED) is 0.796. The highest BCUT2D eigenvalue weighted by Crippen LogP contribution is 2.21. The Morgan fingerprint density at radius 3 is 2.83 bits per heavy atom. The van der Waals surface area contributed by atoms with Gasteiger partial charge in [0.2, 0.25) is 0 Å². The van der Waals surface area contributed by atoms with Gasteiger partial charge in [0.1, 0.15) is 5.82 Å². The van der Waals surface area contributed by atoms with Gasteiger partial charge in [0.05, 0.1) is 11.3 Å². The molecule has 3 nitrogen and oxygen atoms in total. The van der Waals surface area contributed by atoms with E-state index in [1.807, 2.05) is 24.3 Å². The monoisotopic (exact) mass is 256 g/mol. The van der Waals surface area contributed by atoms with Crippen molar-refractivity contribution in [1.29, 1.82) is 0 Å². The fourth-order valence-corrected chi connectivity index (χ4v) is 1.93. The minimum absolute atomic E-state index is 0.0737. The highest BCUT2D eigenvalue weighted by molar-refractivity contribution is 8.13. The van der Waals surface area contributed by atoms with Gasteiger partial charge in [-0.05, 0) is 0 Å². The van der Waals surface area contributed by atoms with Crippen LogP contribution in [0, 0.1) is 11.8 Å². The van der Waals surface area contributed by atoms with Gasteiger partial charge in [-0.3, -0.25) is 4.79 Å². The molecule has 0 bridgehead atoms. The van der Waals surface area contributed by atoms with E-state index in [0.717, 1.165) is 16.3 Å². The Labute approximate surface area is 110 Å². The molecule has 18 heavy (non-hydrogen) atoms. The van der Waals surface area contributed by atoms with Crippen LogP contribution < -0.4 is 5.73 Å². The summed E-state index contributed by atoms with van der Waals surface area (Å²) in [5.41, 5.74) is 6.65. The van der Waals surface area contributed by atoms with E-state index in [1.165, 1.54) is 18.7 Å². The number of hydrogen-bond acceptors (Lipinski definition) is 4. The lowest BCUT2D eigenvalue weighted by Gasteiger charge is -2.02. The summed E-state index contributed by atoms with van der Waals surface area (Å²) in [5, 5.41) is 1.97. The third-order valence-corrected chi connectivity index (χ3v) is 3.09. The minimum Gasteiger partial charge on any atom is -0.383 e. The lowest BCUT2D eigenvalue weighted by molar-refractivity contribution is -0.109. The van der Waals surface area contributed by atoms with Gasteiger partial charge in [0.15, 0.2) is 5.12 Å². The smallest absolute Gasteiger partial charge is 0.186 e. The van der Waals surface area contributed by atoms with Crippen molar-refractivity contribution in [2.45, 2.75) is 6.92 Å². The van der Waals surface area contributed by atoms with Crippen LogP contribution in [0.1, 0.15) is 12.5 Å². The second-order valence-corrected chi connectivity index (χ2v) is 4.84. The Balaban J connectivity index is 2.34. The number of benzene rings is 1. The van der Waals surface area contributed by atoms with E-state index in [9.17, 15) is 4.79 Å². The van der Waals surface area contributed by atoms with Crippen LogP contribution in [0.2, 0.25) is 0 Å². The van der Waals surface area contributed by atoms with Crippen LogP contribution >= 0.6 is 11.8 Å². The highest BCUT2D eigenvalue weighted by atomic mass is 32.2. The van der Waals surface area contributed by atoms with Crippen molar-refractivity contribution in [1.82, 2.24) is 4.98 Å². The molecule has 2 N–H and O–H groups in total. The fourth-order valence-electron chi connectivity index (χ4n) is 1.58. The lowest BCUT2D eigenvalue weighted by atomic mass is 10.1. The summed E-state index contributed by atoms with van der Waals surface area (Å²) < 4.78 is 0. The molecule has 1 heterocycles. The topological polar surface area (TPSA) is 56.0 Å². The first-order valence-corrected chi connectivity index (χ1v) is 6.42. The normalized spacial score (nSPS) is 9.83. The standard InChI is InChI=1S/C14H12N2OS/c1-10(17)18-8-4-5-11-9-16-14(15)13-7-3-2-6-12(11)13/h2-3,6-7,9H,8H2,1H3,(H2,15,16). The van der Waals surface area contributed by atoms with Gasteiger partial charge in [-0.25, -0.2) is 4.98 Å².